The fourth-order valence-electron chi connectivity index (χ4n) is 4.65. The minimum Gasteiger partial charge on any atom is -0.455 e. The quantitative estimate of drug-likeness (QED) is 0.284. The van der Waals surface area contributed by atoms with E-state index in [0.717, 1.165) is 11.2 Å². The molecule has 0 fully saturated rings. The number of nitrogens with zero attached hydrogens (tertiary/aromatic N) is 1. The molecule has 0 aliphatic carbocycles. The molecule has 5 rings (SSSR count). The van der Waals surface area contributed by atoms with Gasteiger partial charge in [-0.25, -0.2) is 4.57 Å². The molecule has 5 aromatic rings. The largest absolute Gasteiger partial charge is 0.455 e. The van der Waals surface area contributed by atoms with Crippen molar-refractivity contribution in [1.29, 1.82) is 0 Å². The van der Waals surface area contributed by atoms with Crippen molar-refractivity contribution < 1.29 is 8.98 Å². The van der Waals surface area contributed by atoms with E-state index in [9.17, 15) is 0 Å². The number of pyridine rings is 1. The van der Waals surface area contributed by atoms with Gasteiger partial charge in [-0.3, -0.25) is 0 Å². The van der Waals surface area contributed by atoms with Gasteiger partial charge < -0.3 is 4.42 Å². The molecule has 0 aliphatic heterocycles. The van der Waals surface area contributed by atoms with Gasteiger partial charge in [0.1, 0.15) is 18.2 Å². The number of aryl methyl sites for hydroxylation is 3. The lowest BCUT2D eigenvalue weighted by atomic mass is 9.94. The number of benzene rings is 3. The molecule has 0 amide bonds. The number of hydrogen-bond donors (Lipinski definition) is 0. The minimum atomic E-state index is 0.496. The molecule has 0 aliphatic rings. The summed E-state index contributed by atoms with van der Waals surface area (Å²) in [6, 6.07) is 23.8. The van der Waals surface area contributed by atoms with Crippen LogP contribution in [-0.2, 0) is 7.05 Å². The van der Waals surface area contributed by atoms with E-state index in [1.807, 2.05) is 0 Å². The van der Waals surface area contributed by atoms with Crippen molar-refractivity contribution in [2.75, 3.05) is 0 Å². The molecule has 2 heterocycles. The highest BCUT2D eigenvalue weighted by atomic mass is 16.3. The number of hydrogen-bond acceptors (Lipinski definition) is 1. The fourth-order valence-corrected chi connectivity index (χ4v) is 4.65. The van der Waals surface area contributed by atoms with E-state index in [-0.39, 0.29) is 0 Å². The predicted octanol–water partition coefficient (Wildman–Crippen LogP) is 7.48. The second-order valence-electron chi connectivity index (χ2n) is 8.82. The van der Waals surface area contributed by atoms with E-state index in [1.54, 1.807) is 0 Å². The summed E-state index contributed by atoms with van der Waals surface area (Å²) in [5, 5.41) is 2.39. The predicted molar refractivity (Wildman–Crippen MR) is 129 cm³/mol. The molecule has 0 saturated carbocycles. The maximum Gasteiger partial charge on any atom is 0.212 e. The molecule has 0 N–H and O–H groups in total. The second-order valence-corrected chi connectivity index (χ2v) is 8.82. The van der Waals surface area contributed by atoms with E-state index in [4.69, 9.17) is 4.42 Å². The first kappa shape index (κ1) is 19.6. The standard InChI is InChI=1S/C29H28NO/c1-18(2)22-15-16-30(5)25(17-22)23-13-14-26-28(20(23)4)24-12-11-19(3)27(29(24)31-26)21-9-7-6-8-10-21/h6-18H,1-5H3/q+1. The van der Waals surface area contributed by atoms with E-state index in [2.05, 4.69) is 112 Å². The van der Waals surface area contributed by atoms with Crippen molar-refractivity contribution in [2.24, 2.45) is 7.05 Å². The molecule has 3 aromatic carbocycles. The molecule has 0 unspecified atom stereocenters. The van der Waals surface area contributed by atoms with Crippen LogP contribution in [0.1, 0.15) is 36.5 Å². The molecule has 0 atom stereocenters. The summed E-state index contributed by atoms with van der Waals surface area (Å²) in [6.45, 7) is 8.86. The van der Waals surface area contributed by atoms with E-state index >= 15 is 0 Å². The molecule has 2 nitrogen and oxygen atoms in total. The topological polar surface area (TPSA) is 17.0 Å². The van der Waals surface area contributed by atoms with Gasteiger partial charge in [-0.1, -0.05) is 56.3 Å². The summed E-state index contributed by atoms with van der Waals surface area (Å²) in [5.74, 6) is 0.496. The Morgan fingerprint density at radius 2 is 1.65 bits per heavy atom. The highest BCUT2D eigenvalue weighted by molar-refractivity contribution is 6.12. The molecule has 0 saturated heterocycles. The number of rotatable bonds is 3. The summed E-state index contributed by atoms with van der Waals surface area (Å²) >= 11 is 0. The van der Waals surface area contributed by atoms with Crippen LogP contribution in [0.25, 0.3) is 44.3 Å². The third kappa shape index (κ3) is 3.14. The van der Waals surface area contributed by atoms with Crippen LogP contribution >= 0.6 is 0 Å². The lowest BCUT2D eigenvalue weighted by Gasteiger charge is -2.09. The van der Waals surface area contributed by atoms with Gasteiger partial charge >= 0.3 is 0 Å². The van der Waals surface area contributed by atoms with Gasteiger partial charge in [-0.05, 0) is 54.2 Å². The van der Waals surface area contributed by atoms with Crippen molar-refractivity contribution in [3.8, 4) is 22.4 Å². The van der Waals surface area contributed by atoms with Crippen LogP contribution in [0.4, 0.5) is 0 Å². The Hall–Kier alpha value is -3.39. The smallest absolute Gasteiger partial charge is 0.212 e. The maximum absolute atomic E-state index is 6.48. The summed E-state index contributed by atoms with van der Waals surface area (Å²) < 4.78 is 8.69. The van der Waals surface area contributed by atoms with Crippen LogP contribution < -0.4 is 4.57 Å². The Morgan fingerprint density at radius 1 is 0.871 bits per heavy atom. The Labute approximate surface area is 183 Å². The number of aromatic nitrogens is 1. The Kier molecular flexibility index (Phi) is 4.66. The zero-order valence-corrected chi connectivity index (χ0v) is 18.9. The first-order valence-corrected chi connectivity index (χ1v) is 11.0. The summed E-state index contributed by atoms with van der Waals surface area (Å²) in [7, 11) is 2.12. The van der Waals surface area contributed by atoms with Crippen LogP contribution in [-0.4, -0.2) is 0 Å². The van der Waals surface area contributed by atoms with Crippen molar-refractivity contribution in [1.82, 2.24) is 0 Å². The van der Waals surface area contributed by atoms with Crippen molar-refractivity contribution in [3.05, 3.63) is 89.6 Å². The maximum atomic E-state index is 6.48. The molecule has 0 bridgehead atoms. The third-order valence-electron chi connectivity index (χ3n) is 6.45. The van der Waals surface area contributed by atoms with Gasteiger partial charge in [-0.15, -0.1) is 0 Å². The van der Waals surface area contributed by atoms with Crippen LogP contribution in [0.2, 0.25) is 0 Å². The van der Waals surface area contributed by atoms with Crippen LogP contribution in [0.5, 0.6) is 0 Å². The number of fused-ring (bicyclic) bond motifs is 3. The first-order valence-electron chi connectivity index (χ1n) is 11.0. The zero-order valence-electron chi connectivity index (χ0n) is 18.9. The SMILES string of the molecule is Cc1ccc2c(oc3ccc(-c4cc(C(C)C)cc[n+]4C)c(C)c32)c1-c1ccccc1. The summed E-state index contributed by atoms with van der Waals surface area (Å²) in [4.78, 5) is 0. The van der Waals surface area contributed by atoms with Gasteiger partial charge in [0, 0.05) is 34.0 Å². The van der Waals surface area contributed by atoms with Gasteiger partial charge in [0.05, 0.1) is 0 Å². The molecule has 154 valence electrons. The molecule has 0 radical (unpaired) electrons. The van der Waals surface area contributed by atoms with Gasteiger partial charge in [0.2, 0.25) is 5.69 Å². The molecule has 31 heavy (non-hydrogen) atoms. The molecular weight excluding hydrogens is 378 g/mol. The Morgan fingerprint density at radius 3 is 2.39 bits per heavy atom. The van der Waals surface area contributed by atoms with Crippen molar-refractivity contribution in [2.45, 2.75) is 33.6 Å². The number of furan rings is 1. The average Bonchev–Trinajstić information content (AvgIpc) is 3.14. The van der Waals surface area contributed by atoms with Gasteiger partial charge in [-0.2, -0.15) is 0 Å². The van der Waals surface area contributed by atoms with Crippen LogP contribution in [0, 0.1) is 13.8 Å². The van der Waals surface area contributed by atoms with Crippen molar-refractivity contribution >= 4 is 21.9 Å². The van der Waals surface area contributed by atoms with Crippen LogP contribution in [0.15, 0.2) is 77.3 Å². The normalized spacial score (nSPS) is 11.7. The highest BCUT2D eigenvalue weighted by Crippen LogP contribution is 2.41. The van der Waals surface area contributed by atoms with E-state index in [1.165, 1.54) is 49.8 Å². The fraction of sp³-hybridized carbons (Fsp3) is 0.207. The van der Waals surface area contributed by atoms with Crippen LogP contribution in [0.3, 0.4) is 0 Å². The zero-order chi connectivity index (χ0) is 21.7. The molecule has 0 spiro atoms. The lowest BCUT2D eigenvalue weighted by Crippen LogP contribution is -2.30. The second kappa shape index (κ2) is 7.39. The Balaban J connectivity index is 1.81. The minimum absolute atomic E-state index is 0.496. The summed E-state index contributed by atoms with van der Waals surface area (Å²) in [6.07, 6.45) is 2.17. The van der Waals surface area contributed by atoms with Crippen molar-refractivity contribution in [3.63, 3.8) is 0 Å². The third-order valence-corrected chi connectivity index (χ3v) is 6.45. The molecule has 2 aromatic heterocycles. The average molecular weight is 407 g/mol. The first-order chi connectivity index (χ1) is 15.0. The lowest BCUT2D eigenvalue weighted by molar-refractivity contribution is -0.660. The molecule has 2 heteroatoms. The van der Waals surface area contributed by atoms with E-state index < -0.39 is 0 Å². The van der Waals surface area contributed by atoms with E-state index in [0.29, 0.717) is 5.92 Å². The summed E-state index contributed by atoms with van der Waals surface area (Å²) in [5.41, 5.74) is 10.6. The van der Waals surface area contributed by atoms with Gasteiger partial charge in [0.25, 0.3) is 0 Å². The monoisotopic (exact) mass is 406 g/mol. The van der Waals surface area contributed by atoms with Gasteiger partial charge in [0.15, 0.2) is 6.20 Å². The molecular formula is C29H28NO+. The Bertz CT molecular complexity index is 1420. The highest BCUT2D eigenvalue weighted by Gasteiger charge is 2.21.